The molecule has 0 fully saturated rings. The minimum Gasteiger partial charge on any atom is -0.307 e. The Morgan fingerprint density at radius 2 is 1.91 bits per heavy atom. The number of benzene rings is 3. The zero-order valence-electron chi connectivity index (χ0n) is 16.9. The summed E-state index contributed by atoms with van der Waals surface area (Å²) in [6.07, 6.45) is 0.560. The minimum atomic E-state index is -4.07. The van der Waals surface area contributed by atoms with E-state index in [1.807, 2.05) is 0 Å². The second-order valence-electron chi connectivity index (χ2n) is 7.37. The van der Waals surface area contributed by atoms with Gasteiger partial charge in [0.2, 0.25) is 0 Å². The number of hydrogen-bond donors (Lipinski definition) is 1. The van der Waals surface area contributed by atoms with Crippen LogP contribution in [-0.4, -0.2) is 25.8 Å². The minimum absolute atomic E-state index is 0.115. The van der Waals surface area contributed by atoms with E-state index in [1.54, 1.807) is 6.07 Å². The van der Waals surface area contributed by atoms with Gasteiger partial charge in [-0.2, -0.15) is 0 Å². The quantitative estimate of drug-likeness (QED) is 0.461. The lowest BCUT2D eigenvalue weighted by molar-refractivity contribution is -0.384. The van der Waals surface area contributed by atoms with Gasteiger partial charge >= 0.3 is 0 Å². The normalized spacial score (nSPS) is 13.0. The Balaban J connectivity index is 1.60. The van der Waals surface area contributed by atoms with Crippen molar-refractivity contribution in [3.8, 4) is 0 Å². The number of nitrogens with zero attached hydrogens (tertiary/aromatic N) is 2. The standard InChI is InChI=1S/C22H18FN3O5S/c1-14-5-8-19(13-20(14)23)32(30,31)24-17-4-2-3-16(11-17)22(27)25-10-9-15-6-7-18(26(28)29)12-21(15)25/h2-8,11-13,24H,9-10H2,1H3. The molecule has 3 aromatic carbocycles. The maximum atomic E-state index is 13.8. The number of nitro benzene ring substituents is 1. The first-order valence-electron chi connectivity index (χ1n) is 9.64. The van der Waals surface area contributed by atoms with Crippen molar-refractivity contribution in [1.29, 1.82) is 0 Å². The van der Waals surface area contributed by atoms with Gasteiger partial charge in [0.05, 0.1) is 15.5 Å². The molecule has 164 valence electrons. The smallest absolute Gasteiger partial charge is 0.271 e. The van der Waals surface area contributed by atoms with Crippen molar-refractivity contribution in [1.82, 2.24) is 0 Å². The molecule has 3 aromatic rings. The van der Waals surface area contributed by atoms with Crippen molar-refractivity contribution < 1.29 is 22.5 Å². The SMILES string of the molecule is Cc1ccc(S(=O)(=O)Nc2cccc(C(=O)N3CCc4ccc([N+](=O)[O-])cc43)c2)cc1F. The molecule has 8 nitrogen and oxygen atoms in total. The summed E-state index contributed by atoms with van der Waals surface area (Å²) in [6, 6.07) is 13.9. The van der Waals surface area contributed by atoms with Crippen LogP contribution in [0.25, 0.3) is 0 Å². The molecular formula is C22H18FN3O5S. The Morgan fingerprint density at radius 3 is 2.62 bits per heavy atom. The molecule has 1 heterocycles. The summed E-state index contributed by atoms with van der Waals surface area (Å²) >= 11 is 0. The van der Waals surface area contributed by atoms with Crippen molar-refractivity contribution in [3.63, 3.8) is 0 Å². The molecule has 0 spiro atoms. The number of amides is 1. The number of nitrogens with one attached hydrogen (secondary N) is 1. The molecule has 0 aliphatic carbocycles. The number of carbonyl (C=O) groups excluding carboxylic acids is 1. The molecule has 0 saturated carbocycles. The van der Waals surface area contributed by atoms with Crippen LogP contribution in [0.15, 0.2) is 65.6 Å². The summed E-state index contributed by atoms with van der Waals surface area (Å²) in [7, 11) is -4.07. The van der Waals surface area contributed by atoms with E-state index in [0.29, 0.717) is 24.2 Å². The number of halogens is 1. The van der Waals surface area contributed by atoms with E-state index >= 15 is 0 Å². The van der Waals surface area contributed by atoms with Gasteiger partial charge in [-0.05, 0) is 54.8 Å². The molecule has 4 rings (SSSR count). The van der Waals surface area contributed by atoms with Crippen LogP contribution >= 0.6 is 0 Å². The number of carbonyl (C=O) groups is 1. The lowest BCUT2D eigenvalue weighted by Crippen LogP contribution is -2.29. The summed E-state index contributed by atoms with van der Waals surface area (Å²) in [5.41, 5.74) is 1.83. The third-order valence-electron chi connectivity index (χ3n) is 5.24. The largest absolute Gasteiger partial charge is 0.307 e. The summed E-state index contributed by atoms with van der Waals surface area (Å²) in [5, 5.41) is 11.1. The van der Waals surface area contributed by atoms with Crippen LogP contribution in [0.3, 0.4) is 0 Å². The number of fused-ring (bicyclic) bond motifs is 1. The Bertz CT molecular complexity index is 1360. The van der Waals surface area contributed by atoms with E-state index in [0.717, 1.165) is 11.6 Å². The van der Waals surface area contributed by atoms with Gasteiger partial charge in [0.25, 0.3) is 21.6 Å². The van der Waals surface area contributed by atoms with Gasteiger partial charge in [0.15, 0.2) is 0 Å². The van der Waals surface area contributed by atoms with E-state index in [2.05, 4.69) is 4.72 Å². The van der Waals surface area contributed by atoms with Gasteiger partial charge in [0.1, 0.15) is 5.82 Å². The number of anilines is 2. The highest BCUT2D eigenvalue weighted by Gasteiger charge is 2.28. The lowest BCUT2D eigenvalue weighted by Gasteiger charge is -2.18. The maximum Gasteiger partial charge on any atom is 0.271 e. The van der Waals surface area contributed by atoms with E-state index in [4.69, 9.17) is 0 Å². The zero-order valence-corrected chi connectivity index (χ0v) is 17.7. The van der Waals surface area contributed by atoms with Gasteiger partial charge in [0, 0.05) is 29.9 Å². The molecule has 32 heavy (non-hydrogen) atoms. The van der Waals surface area contributed by atoms with Crippen LogP contribution < -0.4 is 9.62 Å². The second kappa shape index (κ2) is 8.04. The molecular weight excluding hydrogens is 437 g/mol. The van der Waals surface area contributed by atoms with Gasteiger partial charge in [-0.25, -0.2) is 12.8 Å². The van der Waals surface area contributed by atoms with Crippen molar-refractivity contribution in [3.05, 3.63) is 93.3 Å². The number of rotatable bonds is 5. The molecule has 0 atom stereocenters. The van der Waals surface area contributed by atoms with Crippen LogP contribution in [0.4, 0.5) is 21.5 Å². The number of non-ortho nitro benzene ring substituents is 1. The number of aryl methyl sites for hydroxylation is 1. The van der Waals surface area contributed by atoms with Gasteiger partial charge in [-0.3, -0.25) is 19.6 Å². The fraction of sp³-hybridized carbons (Fsp3) is 0.136. The van der Waals surface area contributed by atoms with Crippen LogP contribution in [0.1, 0.15) is 21.5 Å². The summed E-state index contributed by atoms with van der Waals surface area (Å²) < 4.78 is 41.4. The van der Waals surface area contributed by atoms with E-state index in [-0.39, 0.29) is 21.8 Å². The molecule has 0 radical (unpaired) electrons. The lowest BCUT2D eigenvalue weighted by atomic mass is 10.1. The Morgan fingerprint density at radius 1 is 1.12 bits per heavy atom. The molecule has 1 aliphatic rings. The maximum absolute atomic E-state index is 13.8. The number of sulfonamides is 1. The average Bonchev–Trinajstić information content (AvgIpc) is 3.18. The highest BCUT2D eigenvalue weighted by Crippen LogP contribution is 2.33. The first kappa shape index (κ1) is 21.4. The average molecular weight is 455 g/mol. The highest BCUT2D eigenvalue weighted by molar-refractivity contribution is 7.92. The first-order chi connectivity index (χ1) is 15.2. The molecule has 1 N–H and O–H groups in total. The summed E-state index contributed by atoms with van der Waals surface area (Å²) in [5.74, 6) is -1.05. The molecule has 0 saturated heterocycles. The van der Waals surface area contributed by atoms with Crippen molar-refractivity contribution in [2.75, 3.05) is 16.2 Å². The monoisotopic (exact) mass is 455 g/mol. The van der Waals surface area contributed by atoms with E-state index < -0.39 is 26.7 Å². The summed E-state index contributed by atoms with van der Waals surface area (Å²) in [6.45, 7) is 1.88. The van der Waals surface area contributed by atoms with E-state index in [9.17, 15) is 27.7 Å². The molecule has 0 aromatic heterocycles. The molecule has 10 heteroatoms. The van der Waals surface area contributed by atoms with Crippen molar-refractivity contribution in [2.45, 2.75) is 18.2 Å². The Hall–Kier alpha value is -3.79. The predicted octanol–water partition coefficient (Wildman–Crippen LogP) is 4.05. The third kappa shape index (κ3) is 4.04. The van der Waals surface area contributed by atoms with Crippen LogP contribution in [-0.2, 0) is 16.4 Å². The van der Waals surface area contributed by atoms with Crippen molar-refractivity contribution >= 4 is 33.0 Å². The summed E-state index contributed by atoms with van der Waals surface area (Å²) in [4.78, 5) is 24.9. The van der Waals surface area contributed by atoms with Crippen LogP contribution in [0.2, 0.25) is 0 Å². The second-order valence-corrected chi connectivity index (χ2v) is 9.06. The van der Waals surface area contributed by atoms with Gasteiger partial charge < -0.3 is 4.90 Å². The van der Waals surface area contributed by atoms with Crippen LogP contribution in [0, 0.1) is 22.9 Å². The Kier molecular flexibility index (Phi) is 5.39. The third-order valence-corrected chi connectivity index (χ3v) is 6.61. The van der Waals surface area contributed by atoms with Crippen molar-refractivity contribution in [2.24, 2.45) is 0 Å². The highest BCUT2D eigenvalue weighted by atomic mass is 32.2. The fourth-order valence-corrected chi connectivity index (χ4v) is 4.58. The topological polar surface area (TPSA) is 110 Å². The molecule has 0 unspecified atom stereocenters. The first-order valence-corrected chi connectivity index (χ1v) is 11.1. The van der Waals surface area contributed by atoms with E-state index in [1.165, 1.54) is 60.4 Å². The van der Waals surface area contributed by atoms with Gasteiger partial charge in [-0.15, -0.1) is 0 Å². The molecule has 0 bridgehead atoms. The van der Waals surface area contributed by atoms with Gasteiger partial charge in [-0.1, -0.05) is 18.2 Å². The fourth-order valence-electron chi connectivity index (χ4n) is 3.52. The Labute approximate surface area is 183 Å². The van der Waals surface area contributed by atoms with Crippen LogP contribution in [0.5, 0.6) is 0 Å². The zero-order chi connectivity index (χ0) is 23.0. The predicted molar refractivity (Wildman–Crippen MR) is 117 cm³/mol. The number of nitro groups is 1. The molecule has 1 aliphatic heterocycles. The number of hydrogen-bond acceptors (Lipinski definition) is 5. The molecule has 1 amide bonds.